The van der Waals surface area contributed by atoms with E-state index in [-0.39, 0.29) is 11.9 Å². The Labute approximate surface area is 164 Å². The average molecular weight is 381 g/mol. The molecule has 0 spiro atoms. The van der Waals surface area contributed by atoms with Crippen molar-refractivity contribution in [2.24, 2.45) is 5.92 Å². The Morgan fingerprint density at radius 2 is 1.81 bits per heavy atom. The molecule has 27 heavy (non-hydrogen) atoms. The largest absolute Gasteiger partial charge is 0.348 e. The summed E-state index contributed by atoms with van der Waals surface area (Å²) in [6.07, 6.45) is 1.67. The van der Waals surface area contributed by atoms with Crippen LogP contribution in [0.2, 0.25) is 0 Å². The van der Waals surface area contributed by atoms with Gasteiger partial charge in [-0.2, -0.15) is 0 Å². The van der Waals surface area contributed by atoms with Gasteiger partial charge in [-0.25, -0.2) is 0 Å². The molecule has 1 N–H and O–H groups in total. The van der Waals surface area contributed by atoms with Crippen LogP contribution in [0.4, 0.5) is 0 Å². The molecule has 3 aromatic rings. The number of hydrogen-bond acceptors (Lipinski definition) is 4. The van der Waals surface area contributed by atoms with Crippen LogP contribution in [0.15, 0.2) is 66.1 Å². The lowest BCUT2D eigenvalue weighted by atomic mass is 9.96. The van der Waals surface area contributed by atoms with Crippen molar-refractivity contribution in [1.82, 2.24) is 20.1 Å². The number of carbonyl (C=O) groups is 1. The van der Waals surface area contributed by atoms with E-state index < -0.39 is 0 Å². The number of nitrogens with one attached hydrogen (secondary N) is 1. The quantitative estimate of drug-likeness (QED) is 0.625. The monoisotopic (exact) mass is 380 g/mol. The Bertz CT molecular complexity index is 875. The predicted octanol–water partition coefficient (Wildman–Crippen LogP) is 4.18. The molecule has 2 aromatic carbocycles. The number of amides is 1. The lowest BCUT2D eigenvalue weighted by Gasteiger charge is -2.22. The molecule has 0 radical (unpaired) electrons. The highest BCUT2D eigenvalue weighted by Gasteiger charge is 2.19. The molecule has 6 heteroatoms. The fraction of sp³-hybridized carbons (Fsp3) is 0.286. The Morgan fingerprint density at radius 3 is 2.48 bits per heavy atom. The molecule has 1 amide bonds. The lowest BCUT2D eigenvalue weighted by molar-refractivity contribution is -0.119. The smallest absolute Gasteiger partial charge is 0.230 e. The van der Waals surface area contributed by atoms with Crippen LogP contribution in [0.5, 0.6) is 0 Å². The first-order chi connectivity index (χ1) is 13.0. The van der Waals surface area contributed by atoms with Crippen molar-refractivity contribution in [3.63, 3.8) is 0 Å². The Kier molecular flexibility index (Phi) is 6.29. The van der Waals surface area contributed by atoms with Gasteiger partial charge in [-0.05, 0) is 30.5 Å². The summed E-state index contributed by atoms with van der Waals surface area (Å²) < 4.78 is 1.90. The number of benzene rings is 2. The van der Waals surface area contributed by atoms with Crippen LogP contribution in [0.1, 0.15) is 31.0 Å². The molecule has 0 fully saturated rings. The zero-order valence-electron chi connectivity index (χ0n) is 15.8. The van der Waals surface area contributed by atoms with Gasteiger partial charge in [-0.3, -0.25) is 9.36 Å². The lowest BCUT2D eigenvalue weighted by Crippen LogP contribution is -2.33. The normalized spacial score (nSPS) is 12.1. The summed E-state index contributed by atoms with van der Waals surface area (Å²) in [5.41, 5.74) is 3.30. The van der Waals surface area contributed by atoms with Crippen LogP contribution in [-0.4, -0.2) is 26.4 Å². The molecule has 0 saturated carbocycles. The SMILES string of the molecule is Cc1ccc(-n2cnnc2SCC(=O)NC(c2ccccc2)C(C)C)cc1. The van der Waals surface area contributed by atoms with Gasteiger partial charge in [0.1, 0.15) is 6.33 Å². The van der Waals surface area contributed by atoms with Crippen molar-refractivity contribution in [1.29, 1.82) is 0 Å². The van der Waals surface area contributed by atoms with Crippen LogP contribution >= 0.6 is 11.8 Å². The zero-order valence-corrected chi connectivity index (χ0v) is 16.6. The number of nitrogens with zero attached hydrogens (tertiary/aromatic N) is 3. The molecule has 1 heterocycles. The molecule has 0 aliphatic rings. The number of carbonyl (C=O) groups excluding carboxylic acids is 1. The summed E-state index contributed by atoms with van der Waals surface area (Å²) in [6.45, 7) is 6.27. The van der Waals surface area contributed by atoms with Crippen molar-refractivity contribution >= 4 is 17.7 Å². The van der Waals surface area contributed by atoms with E-state index in [1.54, 1.807) is 6.33 Å². The van der Waals surface area contributed by atoms with E-state index in [9.17, 15) is 4.79 Å². The molecule has 1 atom stereocenters. The van der Waals surface area contributed by atoms with Crippen LogP contribution in [0.3, 0.4) is 0 Å². The topological polar surface area (TPSA) is 59.8 Å². The van der Waals surface area contributed by atoms with Gasteiger partial charge in [0.15, 0.2) is 5.16 Å². The third kappa shape index (κ3) is 4.98. The molecule has 140 valence electrons. The van der Waals surface area contributed by atoms with Gasteiger partial charge in [0.25, 0.3) is 0 Å². The third-order valence-corrected chi connectivity index (χ3v) is 5.25. The third-order valence-electron chi connectivity index (χ3n) is 4.30. The second kappa shape index (κ2) is 8.86. The predicted molar refractivity (Wildman–Crippen MR) is 109 cm³/mol. The van der Waals surface area contributed by atoms with Crippen molar-refractivity contribution in [2.75, 3.05) is 5.75 Å². The van der Waals surface area contributed by atoms with Crippen molar-refractivity contribution in [2.45, 2.75) is 32.0 Å². The molecule has 1 unspecified atom stereocenters. The van der Waals surface area contributed by atoms with E-state index in [0.717, 1.165) is 11.3 Å². The van der Waals surface area contributed by atoms with Gasteiger partial charge in [0, 0.05) is 5.69 Å². The molecule has 0 aliphatic carbocycles. The summed E-state index contributed by atoms with van der Waals surface area (Å²) in [6, 6.07) is 18.2. The highest BCUT2D eigenvalue weighted by Crippen LogP contribution is 2.23. The van der Waals surface area contributed by atoms with E-state index in [4.69, 9.17) is 0 Å². The minimum atomic E-state index is -0.0130. The van der Waals surface area contributed by atoms with Crippen LogP contribution < -0.4 is 5.32 Å². The number of rotatable bonds is 7. The summed E-state index contributed by atoms with van der Waals surface area (Å²) in [7, 11) is 0. The van der Waals surface area contributed by atoms with Gasteiger partial charge in [0.05, 0.1) is 11.8 Å². The molecular formula is C21H24N4OS. The van der Waals surface area contributed by atoms with Gasteiger partial charge < -0.3 is 5.32 Å². The number of hydrogen-bond donors (Lipinski definition) is 1. The molecule has 1 aromatic heterocycles. The zero-order chi connectivity index (χ0) is 19.2. The van der Waals surface area contributed by atoms with Gasteiger partial charge in [-0.1, -0.05) is 73.6 Å². The molecule has 0 aliphatic heterocycles. The van der Waals surface area contributed by atoms with Crippen molar-refractivity contribution in [3.05, 3.63) is 72.1 Å². The van der Waals surface area contributed by atoms with Crippen LogP contribution in [-0.2, 0) is 4.79 Å². The first-order valence-corrected chi connectivity index (χ1v) is 9.97. The van der Waals surface area contributed by atoms with Gasteiger partial charge >= 0.3 is 0 Å². The highest BCUT2D eigenvalue weighted by molar-refractivity contribution is 7.99. The Morgan fingerprint density at radius 1 is 1.11 bits per heavy atom. The minimum absolute atomic E-state index is 0.00531. The second-order valence-electron chi connectivity index (χ2n) is 6.81. The number of aryl methyl sites for hydroxylation is 1. The fourth-order valence-electron chi connectivity index (χ4n) is 2.85. The first-order valence-electron chi connectivity index (χ1n) is 8.99. The van der Waals surface area contributed by atoms with Gasteiger partial charge in [-0.15, -0.1) is 10.2 Å². The fourth-order valence-corrected chi connectivity index (χ4v) is 3.59. The van der Waals surface area contributed by atoms with Crippen LogP contribution in [0.25, 0.3) is 5.69 Å². The molecule has 3 rings (SSSR count). The number of thioether (sulfide) groups is 1. The minimum Gasteiger partial charge on any atom is -0.348 e. The summed E-state index contributed by atoms with van der Waals surface area (Å²) in [5.74, 6) is 0.583. The van der Waals surface area contributed by atoms with E-state index in [0.29, 0.717) is 16.8 Å². The molecule has 0 saturated heterocycles. The highest BCUT2D eigenvalue weighted by atomic mass is 32.2. The first kappa shape index (κ1) is 19.2. The standard InChI is InChI=1S/C21H24N4OS/c1-15(2)20(17-7-5-4-6-8-17)23-19(26)13-27-21-24-22-14-25(21)18-11-9-16(3)10-12-18/h4-12,14-15,20H,13H2,1-3H3,(H,23,26). The second-order valence-corrected chi connectivity index (χ2v) is 7.75. The summed E-state index contributed by atoms with van der Waals surface area (Å²) >= 11 is 1.39. The van der Waals surface area contributed by atoms with Crippen molar-refractivity contribution in [3.8, 4) is 5.69 Å². The maximum Gasteiger partial charge on any atom is 0.230 e. The maximum atomic E-state index is 12.5. The van der Waals surface area contributed by atoms with E-state index in [1.165, 1.54) is 17.3 Å². The van der Waals surface area contributed by atoms with Crippen molar-refractivity contribution < 1.29 is 4.79 Å². The van der Waals surface area contributed by atoms with E-state index in [1.807, 2.05) is 66.1 Å². The Balaban J connectivity index is 1.64. The summed E-state index contributed by atoms with van der Waals surface area (Å²) in [4.78, 5) is 12.5. The summed E-state index contributed by atoms with van der Waals surface area (Å²) in [5, 5.41) is 12.0. The molecule has 0 bridgehead atoms. The Hall–Kier alpha value is -2.60. The maximum absolute atomic E-state index is 12.5. The molecule has 5 nitrogen and oxygen atoms in total. The molecular weight excluding hydrogens is 356 g/mol. The average Bonchev–Trinajstić information content (AvgIpc) is 3.14. The number of aromatic nitrogens is 3. The van der Waals surface area contributed by atoms with E-state index >= 15 is 0 Å². The van der Waals surface area contributed by atoms with E-state index in [2.05, 4.69) is 29.4 Å². The van der Waals surface area contributed by atoms with Gasteiger partial charge in [0.2, 0.25) is 5.91 Å². The van der Waals surface area contributed by atoms with Crippen LogP contribution in [0, 0.1) is 12.8 Å².